The normalized spacial score (nSPS) is 11.4. The van der Waals surface area contributed by atoms with Gasteiger partial charge in [-0.3, -0.25) is 4.79 Å². The number of alkyl halides is 3. The molecule has 0 aliphatic carbocycles. The van der Waals surface area contributed by atoms with Crippen LogP contribution in [0.1, 0.15) is 11.3 Å². The van der Waals surface area contributed by atoms with Gasteiger partial charge in [-0.05, 0) is 31.2 Å². The summed E-state index contributed by atoms with van der Waals surface area (Å²) in [5.41, 5.74) is 0.489. The molecule has 0 aliphatic heterocycles. The molecular formula is C13H11F3N2OS2. The fourth-order valence-electron chi connectivity index (χ4n) is 1.47. The Labute approximate surface area is 127 Å². The van der Waals surface area contributed by atoms with Gasteiger partial charge >= 0.3 is 6.18 Å². The number of anilines is 1. The van der Waals surface area contributed by atoms with E-state index in [1.165, 1.54) is 35.2 Å². The van der Waals surface area contributed by atoms with Crippen molar-refractivity contribution in [2.24, 2.45) is 0 Å². The van der Waals surface area contributed by atoms with E-state index in [2.05, 4.69) is 10.3 Å². The first-order valence-corrected chi connectivity index (χ1v) is 7.73. The highest BCUT2D eigenvalue weighted by Gasteiger charge is 2.29. The number of halogens is 3. The van der Waals surface area contributed by atoms with Gasteiger partial charge in [0.1, 0.15) is 0 Å². The number of aryl methyl sites for hydroxylation is 1. The van der Waals surface area contributed by atoms with Gasteiger partial charge in [0.15, 0.2) is 4.34 Å². The molecule has 2 rings (SSSR count). The number of carbonyl (C=O) groups is 1. The van der Waals surface area contributed by atoms with Gasteiger partial charge in [-0.25, -0.2) is 4.98 Å². The van der Waals surface area contributed by atoms with E-state index in [4.69, 9.17) is 0 Å². The predicted octanol–water partition coefficient (Wildman–Crippen LogP) is 4.20. The van der Waals surface area contributed by atoms with Crippen LogP contribution in [0.3, 0.4) is 0 Å². The fraction of sp³-hybridized carbons (Fsp3) is 0.231. The molecule has 112 valence electrons. The molecule has 0 radical (unpaired) electrons. The van der Waals surface area contributed by atoms with E-state index in [9.17, 15) is 18.0 Å². The van der Waals surface area contributed by atoms with Crippen molar-refractivity contribution in [1.82, 2.24) is 4.98 Å². The number of aromatic nitrogens is 1. The average Bonchev–Trinajstić information content (AvgIpc) is 2.82. The second kappa shape index (κ2) is 6.48. The van der Waals surface area contributed by atoms with Crippen LogP contribution in [0, 0.1) is 6.92 Å². The molecule has 1 amide bonds. The molecule has 1 heterocycles. The van der Waals surface area contributed by atoms with Crippen LogP contribution < -0.4 is 5.32 Å². The predicted molar refractivity (Wildman–Crippen MR) is 77.6 cm³/mol. The maximum absolute atomic E-state index is 12.4. The van der Waals surface area contributed by atoms with Gasteiger partial charge in [-0.2, -0.15) is 13.2 Å². The Morgan fingerprint density at radius 2 is 2.00 bits per heavy atom. The number of amides is 1. The molecule has 1 aromatic heterocycles. The fourth-order valence-corrected chi connectivity index (χ4v) is 3.11. The average molecular weight is 332 g/mol. The first-order chi connectivity index (χ1) is 9.84. The number of nitrogens with zero attached hydrogens (tertiary/aromatic N) is 1. The third-order valence-corrected chi connectivity index (χ3v) is 4.56. The van der Waals surface area contributed by atoms with E-state index < -0.39 is 11.7 Å². The Morgan fingerprint density at radius 1 is 1.33 bits per heavy atom. The molecule has 0 saturated carbocycles. The van der Waals surface area contributed by atoms with E-state index in [0.717, 1.165) is 22.2 Å². The molecule has 0 unspecified atom stereocenters. The molecule has 1 aromatic carbocycles. The standard InChI is InChI=1S/C13H11F3N2OS2/c1-8-6-20-12(17-8)21-7-11(19)18-10-4-2-9(3-5-10)13(14,15)16/h2-6H,7H2,1H3,(H,18,19). The molecule has 0 saturated heterocycles. The van der Waals surface area contributed by atoms with Crippen LogP contribution >= 0.6 is 23.1 Å². The van der Waals surface area contributed by atoms with E-state index >= 15 is 0 Å². The van der Waals surface area contributed by atoms with Crippen LogP contribution in [0.25, 0.3) is 0 Å². The van der Waals surface area contributed by atoms with Crippen LogP contribution in [0.5, 0.6) is 0 Å². The Kier molecular flexibility index (Phi) is 4.89. The summed E-state index contributed by atoms with van der Waals surface area (Å²) in [7, 11) is 0. The van der Waals surface area contributed by atoms with Gasteiger partial charge in [0, 0.05) is 16.8 Å². The monoisotopic (exact) mass is 332 g/mol. The Bertz CT molecular complexity index is 623. The molecule has 1 N–H and O–H groups in total. The maximum Gasteiger partial charge on any atom is 0.416 e. The van der Waals surface area contributed by atoms with Gasteiger partial charge in [0.25, 0.3) is 0 Å². The van der Waals surface area contributed by atoms with Crippen molar-refractivity contribution in [3.63, 3.8) is 0 Å². The van der Waals surface area contributed by atoms with Crippen LogP contribution in [0.4, 0.5) is 18.9 Å². The largest absolute Gasteiger partial charge is 0.416 e. The number of thioether (sulfide) groups is 1. The van der Waals surface area contributed by atoms with Gasteiger partial charge in [-0.1, -0.05) is 11.8 Å². The number of hydrogen-bond acceptors (Lipinski definition) is 4. The third kappa shape index (κ3) is 4.75. The third-order valence-electron chi connectivity index (χ3n) is 2.42. The zero-order valence-corrected chi connectivity index (χ0v) is 12.5. The van der Waals surface area contributed by atoms with Crippen molar-refractivity contribution >= 4 is 34.7 Å². The highest BCUT2D eigenvalue weighted by Crippen LogP contribution is 2.30. The molecule has 0 spiro atoms. The molecule has 8 heteroatoms. The van der Waals surface area contributed by atoms with Gasteiger partial charge in [0.05, 0.1) is 11.3 Å². The number of rotatable bonds is 4. The molecular weight excluding hydrogens is 321 g/mol. The second-order valence-corrected chi connectivity index (χ2v) is 6.25. The van der Waals surface area contributed by atoms with Crippen LogP contribution in [-0.2, 0) is 11.0 Å². The molecule has 21 heavy (non-hydrogen) atoms. The lowest BCUT2D eigenvalue weighted by atomic mass is 10.2. The van der Waals surface area contributed by atoms with Gasteiger partial charge < -0.3 is 5.32 Å². The van der Waals surface area contributed by atoms with Crippen molar-refractivity contribution in [1.29, 1.82) is 0 Å². The number of benzene rings is 1. The van der Waals surface area contributed by atoms with Gasteiger partial charge in [-0.15, -0.1) is 11.3 Å². The first kappa shape index (κ1) is 15.8. The Balaban J connectivity index is 1.88. The van der Waals surface area contributed by atoms with Crippen molar-refractivity contribution in [3.05, 3.63) is 40.9 Å². The zero-order valence-electron chi connectivity index (χ0n) is 10.9. The zero-order chi connectivity index (χ0) is 15.5. The lowest BCUT2D eigenvalue weighted by Crippen LogP contribution is -2.14. The molecule has 3 nitrogen and oxygen atoms in total. The quantitative estimate of drug-likeness (QED) is 0.853. The summed E-state index contributed by atoms with van der Waals surface area (Å²) in [4.78, 5) is 15.9. The van der Waals surface area contributed by atoms with E-state index in [1.807, 2.05) is 12.3 Å². The van der Waals surface area contributed by atoms with Crippen LogP contribution in [-0.4, -0.2) is 16.6 Å². The summed E-state index contributed by atoms with van der Waals surface area (Å²) in [6.07, 6.45) is -4.37. The minimum atomic E-state index is -4.37. The molecule has 0 bridgehead atoms. The highest BCUT2D eigenvalue weighted by molar-refractivity contribution is 8.01. The summed E-state index contributed by atoms with van der Waals surface area (Å²) in [5.74, 6) is -0.124. The molecule has 0 atom stereocenters. The summed E-state index contributed by atoms with van der Waals surface area (Å²) in [5, 5.41) is 4.43. The van der Waals surface area contributed by atoms with E-state index in [1.54, 1.807) is 0 Å². The Hall–Kier alpha value is -1.54. The van der Waals surface area contributed by atoms with Crippen molar-refractivity contribution in [2.75, 3.05) is 11.1 Å². The first-order valence-electron chi connectivity index (χ1n) is 5.86. The number of nitrogens with one attached hydrogen (secondary N) is 1. The van der Waals surface area contributed by atoms with Crippen molar-refractivity contribution in [2.45, 2.75) is 17.4 Å². The Morgan fingerprint density at radius 3 is 2.52 bits per heavy atom. The van der Waals surface area contributed by atoms with E-state index in [0.29, 0.717) is 5.69 Å². The maximum atomic E-state index is 12.4. The highest BCUT2D eigenvalue weighted by atomic mass is 32.2. The summed E-state index contributed by atoms with van der Waals surface area (Å²) in [6, 6.07) is 4.34. The van der Waals surface area contributed by atoms with Crippen LogP contribution in [0.15, 0.2) is 34.0 Å². The SMILES string of the molecule is Cc1csc(SCC(=O)Nc2ccc(C(F)(F)F)cc2)n1. The minimum Gasteiger partial charge on any atom is -0.325 e. The second-order valence-electron chi connectivity index (χ2n) is 4.17. The summed E-state index contributed by atoms with van der Waals surface area (Å²) in [6.45, 7) is 1.86. The molecule has 0 aliphatic rings. The number of carbonyl (C=O) groups excluding carboxylic acids is 1. The van der Waals surface area contributed by atoms with E-state index in [-0.39, 0.29) is 11.7 Å². The summed E-state index contributed by atoms with van der Waals surface area (Å²) >= 11 is 2.74. The smallest absolute Gasteiger partial charge is 0.325 e. The lowest BCUT2D eigenvalue weighted by Gasteiger charge is -2.08. The van der Waals surface area contributed by atoms with Gasteiger partial charge in [0.2, 0.25) is 5.91 Å². The van der Waals surface area contributed by atoms with Crippen molar-refractivity contribution < 1.29 is 18.0 Å². The minimum absolute atomic E-state index is 0.161. The topological polar surface area (TPSA) is 42.0 Å². The summed E-state index contributed by atoms with van der Waals surface area (Å²) < 4.78 is 38.0. The molecule has 0 fully saturated rings. The van der Waals surface area contributed by atoms with Crippen molar-refractivity contribution in [3.8, 4) is 0 Å². The number of thiazole rings is 1. The van der Waals surface area contributed by atoms with Crippen LogP contribution in [0.2, 0.25) is 0 Å². The lowest BCUT2D eigenvalue weighted by molar-refractivity contribution is -0.137. The number of hydrogen-bond donors (Lipinski definition) is 1. The molecule has 2 aromatic rings.